The molecule has 0 aromatic heterocycles. The van der Waals surface area contributed by atoms with Gasteiger partial charge in [0.25, 0.3) is 0 Å². The average Bonchev–Trinajstić information content (AvgIpc) is 3.18. The second kappa shape index (κ2) is 8.93. The number of likely N-dealkylation sites (N-methyl/N-ethyl adjacent to an activating group) is 1. The zero-order valence-electron chi connectivity index (χ0n) is 17.2. The molecule has 2 aromatic rings. The van der Waals surface area contributed by atoms with Gasteiger partial charge in [-0.1, -0.05) is 12.1 Å². The quantitative estimate of drug-likeness (QED) is 0.781. The lowest BCUT2D eigenvalue weighted by Crippen LogP contribution is -2.31. The van der Waals surface area contributed by atoms with Crippen LogP contribution < -0.4 is 15.1 Å². The highest BCUT2D eigenvalue weighted by molar-refractivity contribution is 6.02. The molecule has 1 aliphatic heterocycles. The number of nitrogens with zero attached hydrogens (tertiary/aromatic N) is 3. The maximum Gasteiger partial charge on any atom is 0.248 e. The van der Waals surface area contributed by atoms with Gasteiger partial charge in [0.1, 0.15) is 0 Å². The summed E-state index contributed by atoms with van der Waals surface area (Å²) in [7, 11) is 8.29. The van der Waals surface area contributed by atoms with Crippen molar-refractivity contribution in [1.29, 1.82) is 0 Å². The number of benzene rings is 2. The van der Waals surface area contributed by atoms with Crippen molar-refractivity contribution < 1.29 is 4.79 Å². The minimum absolute atomic E-state index is 0.127. The van der Waals surface area contributed by atoms with Gasteiger partial charge < -0.3 is 20.0 Å². The highest BCUT2D eigenvalue weighted by atomic mass is 16.1. The Balaban J connectivity index is 1.54. The molecule has 1 fully saturated rings. The molecule has 5 nitrogen and oxygen atoms in total. The van der Waals surface area contributed by atoms with Gasteiger partial charge in [0.05, 0.1) is 0 Å². The maximum absolute atomic E-state index is 12.2. The summed E-state index contributed by atoms with van der Waals surface area (Å²) >= 11 is 0. The third kappa shape index (κ3) is 5.14. The Morgan fingerprint density at radius 2 is 1.71 bits per heavy atom. The summed E-state index contributed by atoms with van der Waals surface area (Å²) in [6.07, 6.45) is 4.58. The molecule has 3 rings (SSSR count). The zero-order valence-corrected chi connectivity index (χ0v) is 17.2. The molecule has 148 valence electrons. The van der Waals surface area contributed by atoms with Crippen LogP contribution in [0, 0.1) is 0 Å². The van der Waals surface area contributed by atoms with Crippen molar-refractivity contribution in [2.75, 3.05) is 56.4 Å². The van der Waals surface area contributed by atoms with Crippen molar-refractivity contribution in [2.24, 2.45) is 0 Å². The second-order valence-electron chi connectivity index (χ2n) is 7.71. The van der Waals surface area contributed by atoms with Gasteiger partial charge in [-0.05, 0) is 68.6 Å². The van der Waals surface area contributed by atoms with E-state index in [-0.39, 0.29) is 5.91 Å². The lowest BCUT2D eigenvalue weighted by Gasteiger charge is -2.22. The van der Waals surface area contributed by atoms with Crippen LogP contribution in [-0.2, 0) is 4.79 Å². The summed E-state index contributed by atoms with van der Waals surface area (Å²) in [4.78, 5) is 18.9. The Morgan fingerprint density at radius 3 is 2.29 bits per heavy atom. The molecule has 28 heavy (non-hydrogen) atoms. The van der Waals surface area contributed by atoms with Crippen LogP contribution in [0.2, 0.25) is 0 Å². The molecule has 0 spiro atoms. The van der Waals surface area contributed by atoms with E-state index in [4.69, 9.17) is 0 Å². The Morgan fingerprint density at radius 1 is 1.04 bits per heavy atom. The molecular weight excluding hydrogens is 348 g/mol. The maximum atomic E-state index is 12.2. The number of hydrogen-bond acceptors (Lipinski definition) is 4. The third-order valence-corrected chi connectivity index (χ3v) is 5.23. The number of nitrogens with one attached hydrogen (secondary N) is 1. The van der Waals surface area contributed by atoms with E-state index in [1.54, 1.807) is 6.08 Å². The number of carbonyl (C=O) groups is 1. The first-order valence-corrected chi connectivity index (χ1v) is 9.70. The van der Waals surface area contributed by atoms with Crippen LogP contribution >= 0.6 is 0 Å². The first kappa shape index (κ1) is 20.0. The first-order valence-electron chi connectivity index (χ1n) is 9.70. The second-order valence-corrected chi connectivity index (χ2v) is 7.71. The predicted molar refractivity (Wildman–Crippen MR) is 119 cm³/mol. The molecule has 5 heteroatoms. The van der Waals surface area contributed by atoms with Crippen LogP contribution in [0.25, 0.3) is 6.08 Å². The van der Waals surface area contributed by atoms with Crippen molar-refractivity contribution >= 4 is 29.0 Å². The third-order valence-electron chi connectivity index (χ3n) is 5.23. The monoisotopic (exact) mass is 378 g/mol. The Hall–Kier alpha value is -2.79. The van der Waals surface area contributed by atoms with Gasteiger partial charge in [-0.2, -0.15) is 0 Å². The van der Waals surface area contributed by atoms with Crippen molar-refractivity contribution in [3.63, 3.8) is 0 Å². The predicted octanol–water partition coefficient (Wildman–Crippen LogP) is 3.54. The lowest BCUT2D eigenvalue weighted by molar-refractivity contribution is -0.111. The molecule has 0 bridgehead atoms. The van der Waals surface area contributed by atoms with Crippen molar-refractivity contribution in [3.05, 3.63) is 60.2 Å². The summed E-state index contributed by atoms with van der Waals surface area (Å²) in [5, 5.41) is 2.93. The summed E-state index contributed by atoms with van der Waals surface area (Å²) in [6.45, 7) is 2.12. The molecular formula is C23H30N4O. The van der Waals surface area contributed by atoms with E-state index >= 15 is 0 Å². The Bertz CT molecular complexity index is 810. The van der Waals surface area contributed by atoms with Gasteiger partial charge >= 0.3 is 0 Å². The fourth-order valence-corrected chi connectivity index (χ4v) is 3.39. The van der Waals surface area contributed by atoms with E-state index in [0.717, 1.165) is 30.0 Å². The SMILES string of the molecule is CN(C)c1ccc(/C=C/C(=O)Nc2ccc(N3CCC(N(C)C)C3)cc2)cc1. The molecule has 2 aromatic carbocycles. The molecule has 1 saturated heterocycles. The fraction of sp³-hybridized carbons (Fsp3) is 0.348. The van der Waals surface area contributed by atoms with Gasteiger partial charge in [0.2, 0.25) is 5.91 Å². The van der Waals surface area contributed by atoms with E-state index in [9.17, 15) is 4.79 Å². The van der Waals surface area contributed by atoms with E-state index in [1.807, 2.05) is 61.5 Å². The van der Waals surface area contributed by atoms with Crippen LogP contribution in [0.15, 0.2) is 54.6 Å². The number of rotatable bonds is 6. The van der Waals surface area contributed by atoms with Crippen LogP contribution in [-0.4, -0.2) is 58.1 Å². The number of amides is 1. The van der Waals surface area contributed by atoms with Crippen molar-refractivity contribution in [2.45, 2.75) is 12.5 Å². The topological polar surface area (TPSA) is 38.8 Å². The van der Waals surface area contributed by atoms with Gasteiger partial charge in [-0.3, -0.25) is 4.79 Å². The van der Waals surface area contributed by atoms with Crippen molar-refractivity contribution in [1.82, 2.24) is 4.90 Å². The van der Waals surface area contributed by atoms with E-state index in [1.165, 1.54) is 12.1 Å². The number of anilines is 3. The summed E-state index contributed by atoms with van der Waals surface area (Å²) in [5.41, 5.74) is 4.15. The molecule has 1 aliphatic rings. The lowest BCUT2D eigenvalue weighted by atomic mass is 10.2. The van der Waals surface area contributed by atoms with E-state index < -0.39 is 0 Å². The normalized spacial score (nSPS) is 16.8. The molecule has 1 atom stereocenters. The minimum atomic E-state index is -0.127. The molecule has 0 radical (unpaired) electrons. The number of carbonyl (C=O) groups excluding carboxylic acids is 1. The van der Waals surface area contributed by atoms with E-state index in [0.29, 0.717) is 6.04 Å². The van der Waals surface area contributed by atoms with Crippen LogP contribution in [0.3, 0.4) is 0 Å². The first-order chi connectivity index (χ1) is 13.4. The number of hydrogen-bond donors (Lipinski definition) is 1. The van der Waals surface area contributed by atoms with Crippen LogP contribution in [0.1, 0.15) is 12.0 Å². The highest BCUT2D eigenvalue weighted by Gasteiger charge is 2.23. The van der Waals surface area contributed by atoms with Crippen LogP contribution in [0.5, 0.6) is 0 Å². The van der Waals surface area contributed by atoms with Gasteiger partial charge in [-0.25, -0.2) is 0 Å². The highest BCUT2D eigenvalue weighted by Crippen LogP contribution is 2.23. The Labute approximate surface area is 168 Å². The summed E-state index contributed by atoms with van der Waals surface area (Å²) in [6, 6.07) is 16.8. The molecule has 1 unspecified atom stereocenters. The van der Waals surface area contributed by atoms with Crippen molar-refractivity contribution in [3.8, 4) is 0 Å². The molecule has 0 aliphatic carbocycles. The summed E-state index contributed by atoms with van der Waals surface area (Å²) < 4.78 is 0. The minimum Gasteiger partial charge on any atom is -0.378 e. The van der Waals surface area contributed by atoms with Crippen LogP contribution in [0.4, 0.5) is 17.1 Å². The molecule has 1 amide bonds. The average molecular weight is 379 g/mol. The summed E-state index contributed by atoms with van der Waals surface area (Å²) in [5.74, 6) is -0.127. The van der Waals surface area contributed by atoms with Gasteiger partial charge in [0.15, 0.2) is 0 Å². The standard InChI is InChI=1S/C23H30N4O/c1-25(2)20-10-5-18(6-11-20)7-14-23(28)24-19-8-12-21(13-9-19)27-16-15-22(17-27)26(3)4/h5-14,22H,15-17H2,1-4H3,(H,24,28)/b14-7+. The van der Waals surface area contributed by atoms with Gasteiger partial charge in [-0.15, -0.1) is 0 Å². The molecule has 1 N–H and O–H groups in total. The Kier molecular flexibility index (Phi) is 6.37. The zero-order chi connectivity index (χ0) is 20.1. The largest absolute Gasteiger partial charge is 0.378 e. The molecule has 0 saturated carbocycles. The fourth-order valence-electron chi connectivity index (χ4n) is 3.39. The van der Waals surface area contributed by atoms with Gasteiger partial charge in [0, 0.05) is 56.4 Å². The molecule has 1 heterocycles. The smallest absolute Gasteiger partial charge is 0.248 e. The van der Waals surface area contributed by atoms with E-state index in [2.05, 4.69) is 41.3 Å².